The number of H-pyrrole nitrogens is 1. The van der Waals surface area contributed by atoms with E-state index in [4.69, 9.17) is 9.05 Å². The summed E-state index contributed by atoms with van der Waals surface area (Å²) in [5.74, 6) is -0.799. The maximum atomic E-state index is 13.3. The number of unbranched alkanes of at least 4 members (excludes halogenated alkanes) is 1. The quantitative estimate of drug-likeness (QED) is 0.487. The number of hydrogen-bond donors (Lipinski definition) is 2. The number of nitrogens with one attached hydrogen (secondary N) is 2. The lowest BCUT2D eigenvalue weighted by atomic mass is 10.1. The standard InChI is InChI=1S/C18H27N2O4P/c1-4-7-12-19-18(25(22,23-5-2)24-6-3)15-13-14-10-8-9-11-16(14)20-17(15)21/h8-11,13,18-19H,4-7,12H2,1-3H3,(H,20,21). The van der Waals surface area contributed by atoms with Crippen molar-refractivity contribution in [2.75, 3.05) is 19.8 Å². The van der Waals surface area contributed by atoms with E-state index in [2.05, 4.69) is 17.2 Å². The molecule has 1 aromatic carbocycles. The van der Waals surface area contributed by atoms with Gasteiger partial charge in [-0.25, -0.2) is 0 Å². The van der Waals surface area contributed by atoms with Gasteiger partial charge in [0, 0.05) is 11.1 Å². The Morgan fingerprint density at radius 2 is 1.84 bits per heavy atom. The molecular formula is C18H27N2O4P. The lowest BCUT2D eigenvalue weighted by Crippen LogP contribution is -2.29. The van der Waals surface area contributed by atoms with Gasteiger partial charge in [0.1, 0.15) is 5.78 Å². The monoisotopic (exact) mass is 366 g/mol. The zero-order chi connectivity index (χ0) is 18.3. The van der Waals surface area contributed by atoms with E-state index < -0.39 is 13.4 Å². The van der Waals surface area contributed by atoms with Crippen molar-refractivity contribution in [2.45, 2.75) is 39.4 Å². The van der Waals surface area contributed by atoms with Gasteiger partial charge in [0.25, 0.3) is 5.56 Å². The lowest BCUT2D eigenvalue weighted by molar-refractivity contribution is 0.207. The van der Waals surface area contributed by atoms with Crippen LogP contribution in [0.1, 0.15) is 45.0 Å². The summed E-state index contributed by atoms with van der Waals surface area (Å²) in [6.07, 6.45) is 1.89. The zero-order valence-corrected chi connectivity index (χ0v) is 16.0. The first kappa shape index (κ1) is 19.9. The first-order chi connectivity index (χ1) is 12.1. The van der Waals surface area contributed by atoms with E-state index in [1.807, 2.05) is 24.3 Å². The van der Waals surface area contributed by atoms with Crippen LogP contribution < -0.4 is 10.9 Å². The van der Waals surface area contributed by atoms with Crippen molar-refractivity contribution in [3.8, 4) is 0 Å². The highest BCUT2D eigenvalue weighted by molar-refractivity contribution is 7.54. The Bertz CT molecular complexity index is 780. The van der Waals surface area contributed by atoms with Crippen molar-refractivity contribution in [1.29, 1.82) is 0 Å². The third kappa shape index (κ3) is 4.79. The van der Waals surface area contributed by atoms with Crippen molar-refractivity contribution in [3.63, 3.8) is 0 Å². The molecule has 0 aliphatic heterocycles. The van der Waals surface area contributed by atoms with Crippen LogP contribution in [0.15, 0.2) is 35.1 Å². The van der Waals surface area contributed by atoms with Gasteiger partial charge in [-0.2, -0.15) is 0 Å². The van der Waals surface area contributed by atoms with E-state index in [0.29, 0.717) is 12.1 Å². The van der Waals surface area contributed by atoms with E-state index in [9.17, 15) is 9.36 Å². The van der Waals surface area contributed by atoms with E-state index in [1.54, 1.807) is 19.9 Å². The number of aromatic nitrogens is 1. The van der Waals surface area contributed by atoms with Crippen LogP contribution in [0, 0.1) is 0 Å². The average Bonchev–Trinajstić information content (AvgIpc) is 2.59. The van der Waals surface area contributed by atoms with Crippen LogP contribution >= 0.6 is 7.60 Å². The topological polar surface area (TPSA) is 80.4 Å². The summed E-state index contributed by atoms with van der Waals surface area (Å²) >= 11 is 0. The van der Waals surface area contributed by atoms with Gasteiger partial charge in [0.05, 0.1) is 13.2 Å². The molecule has 1 unspecified atom stereocenters. The van der Waals surface area contributed by atoms with Gasteiger partial charge in [-0.1, -0.05) is 31.5 Å². The van der Waals surface area contributed by atoms with Crippen LogP contribution in [0.5, 0.6) is 0 Å². The minimum Gasteiger partial charge on any atom is -0.322 e. The lowest BCUT2D eigenvalue weighted by Gasteiger charge is -2.27. The number of fused-ring (bicyclic) bond motifs is 1. The minimum atomic E-state index is -3.53. The predicted octanol–water partition coefficient (Wildman–Crippen LogP) is 4.18. The van der Waals surface area contributed by atoms with Crippen LogP contribution in [0.4, 0.5) is 0 Å². The van der Waals surface area contributed by atoms with Gasteiger partial charge in [-0.3, -0.25) is 14.7 Å². The highest BCUT2D eigenvalue weighted by Gasteiger charge is 2.38. The Kier molecular flexibility index (Phi) is 7.38. The molecule has 0 amide bonds. The van der Waals surface area contributed by atoms with Crippen molar-refractivity contribution in [1.82, 2.24) is 10.3 Å². The fourth-order valence-corrected chi connectivity index (χ4v) is 4.70. The van der Waals surface area contributed by atoms with Gasteiger partial charge >= 0.3 is 7.60 Å². The maximum absolute atomic E-state index is 13.3. The zero-order valence-electron chi connectivity index (χ0n) is 15.1. The molecule has 7 heteroatoms. The van der Waals surface area contributed by atoms with E-state index in [0.717, 1.165) is 23.7 Å². The number of hydrogen-bond acceptors (Lipinski definition) is 5. The molecule has 138 valence electrons. The van der Waals surface area contributed by atoms with Gasteiger partial charge in [0.15, 0.2) is 0 Å². The van der Waals surface area contributed by atoms with Gasteiger partial charge < -0.3 is 14.0 Å². The second-order valence-electron chi connectivity index (χ2n) is 5.73. The first-order valence-corrected chi connectivity index (χ1v) is 10.4. The molecule has 1 aromatic heterocycles. The maximum Gasteiger partial charge on any atom is 0.352 e. The Morgan fingerprint density at radius 1 is 1.16 bits per heavy atom. The minimum absolute atomic E-state index is 0.245. The molecule has 2 aromatic rings. The second kappa shape index (κ2) is 9.30. The highest BCUT2D eigenvalue weighted by Crippen LogP contribution is 2.59. The molecule has 6 nitrogen and oxygen atoms in total. The molecule has 25 heavy (non-hydrogen) atoms. The molecule has 2 rings (SSSR count). The normalized spacial score (nSPS) is 13.2. The van der Waals surface area contributed by atoms with Crippen LogP contribution in [-0.4, -0.2) is 24.7 Å². The Balaban J connectivity index is 2.52. The van der Waals surface area contributed by atoms with E-state index in [-0.39, 0.29) is 18.8 Å². The van der Waals surface area contributed by atoms with Gasteiger partial charge in [0.2, 0.25) is 0 Å². The molecule has 1 heterocycles. The van der Waals surface area contributed by atoms with Crippen LogP contribution in [0.3, 0.4) is 0 Å². The largest absolute Gasteiger partial charge is 0.352 e. The van der Waals surface area contributed by atoms with E-state index in [1.165, 1.54) is 0 Å². The molecule has 0 radical (unpaired) electrons. The number of pyridine rings is 1. The van der Waals surface area contributed by atoms with Crippen LogP contribution in [0.25, 0.3) is 10.9 Å². The fourth-order valence-electron chi connectivity index (χ4n) is 2.72. The molecule has 2 N–H and O–H groups in total. The highest BCUT2D eigenvalue weighted by atomic mass is 31.2. The summed E-state index contributed by atoms with van der Waals surface area (Å²) in [6, 6.07) is 9.27. The summed E-state index contributed by atoms with van der Waals surface area (Å²) < 4.78 is 24.3. The summed E-state index contributed by atoms with van der Waals surface area (Å²) in [5.41, 5.74) is 0.832. The first-order valence-electron chi connectivity index (χ1n) is 8.79. The molecule has 0 saturated heterocycles. The second-order valence-corrected chi connectivity index (χ2v) is 7.84. The predicted molar refractivity (Wildman–Crippen MR) is 101 cm³/mol. The molecule has 1 atom stereocenters. The molecule has 0 aliphatic carbocycles. The molecule has 0 fully saturated rings. The number of para-hydroxylation sites is 1. The number of rotatable bonds is 10. The Hall–Kier alpha value is -1.46. The van der Waals surface area contributed by atoms with Crippen molar-refractivity contribution in [2.24, 2.45) is 0 Å². The van der Waals surface area contributed by atoms with E-state index >= 15 is 0 Å². The summed E-state index contributed by atoms with van der Waals surface area (Å²) in [7, 11) is -3.53. The van der Waals surface area contributed by atoms with Crippen LogP contribution in [-0.2, 0) is 13.6 Å². The van der Waals surface area contributed by atoms with Crippen LogP contribution in [0.2, 0.25) is 0 Å². The number of aromatic amines is 1. The summed E-state index contributed by atoms with van der Waals surface area (Å²) in [5, 5.41) is 4.09. The Labute approximate surface area is 148 Å². The smallest absolute Gasteiger partial charge is 0.322 e. The molecule has 0 aliphatic rings. The summed E-state index contributed by atoms with van der Waals surface area (Å²) in [6.45, 7) is 6.71. The fraction of sp³-hybridized carbons (Fsp3) is 0.500. The Morgan fingerprint density at radius 3 is 2.48 bits per heavy atom. The molecular weight excluding hydrogens is 339 g/mol. The van der Waals surface area contributed by atoms with Crippen molar-refractivity contribution >= 4 is 18.5 Å². The van der Waals surface area contributed by atoms with Gasteiger partial charge in [-0.15, -0.1) is 0 Å². The molecule has 0 saturated carbocycles. The van der Waals surface area contributed by atoms with Gasteiger partial charge in [-0.05, 0) is 44.3 Å². The average molecular weight is 366 g/mol. The molecule has 0 bridgehead atoms. The number of benzene rings is 1. The third-order valence-electron chi connectivity index (χ3n) is 3.88. The summed E-state index contributed by atoms with van der Waals surface area (Å²) in [4.78, 5) is 15.5. The van der Waals surface area contributed by atoms with Crippen molar-refractivity contribution in [3.05, 3.63) is 46.2 Å². The SMILES string of the molecule is CCCCNC(c1cc2ccccc2[nH]c1=O)P(=O)(OCC)OCC. The van der Waals surface area contributed by atoms with Crippen molar-refractivity contribution < 1.29 is 13.6 Å². The third-order valence-corrected chi connectivity index (χ3v) is 6.21. The molecule has 0 spiro atoms.